The molecule has 2 aliphatic rings. The zero-order valence-electron chi connectivity index (χ0n) is 15.4. The second-order valence-corrected chi connectivity index (χ2v) is 7.25. The first-order valence-corrected chi connectivity index (χ1v) is 9.62. The van der Waals surface area contributed by atoms with Crippen molar-refractivity contribution < 1.29 is 14.6 Å². The van der Waals surface area contributed by atoms with Crippen LogP contribution in [0.2, 0.25) is 0 Å². The summed E-state index contributed by atoms with van der Waals surface area (Å²) in [5, 5.41) is 22.4. The van der Waals surface area contributed by atoms with E-state index in [1.54, 1.807) is 12.1 Å². The third-order valence-electron chi connectivity index (χ3n) is 5.55. The van der Waals surface area contributed by atoms with Gasteiger partial charge in [0.1, 0.15) is 6.10 Å². The van der Waals surface area contributed by atoms with E-state index in [4.69, 9.17) is 10.1 Å². The molecule has 0 spiro atoms. The van der Waals surface area contributed by atoms with E-state index in [0.29, 0.717) is 37.6 Å². The maximum atomic E-state index is 13.1. The number of aliphatic hydroxyl groups is 1. The summed E-state index contributed by atoms with van der Waals surface area (Å²) in [7, 11) is 0. The highest BCUT2D eigenvalue weighted by molar-refractivity contribution is 5.82. The van der Waals surface area contributed by atoms with Crippen molar-refractivity contribution in [1.82, 2.24) is 10.2 Å². The number of likely N-dealkylation sites (tertiary alicyclic amines) is 1. The SMILES string of the molecule is CCNC(=N)N1CCC(OC(=O)[C@](O)(c2ccccc2)C2CCCC2)C1. The molecule has 1 unspecified atom stereocenters. The summed E-state index contributed by atoms with van der Waals surface area (Å²) < 4.78 is 5.75. The Kier molecular flexibility index (Phi) is 5.81. The second-order valence-electron chi connectivity index (χ2n) is 7.25. The molecule has 0 bridgehead atoms. The first-order chi connectivity index (χ1) is 12.6. The Hall–Kier alpha value is -2.08. The van der Waals surface area contributed by atoms with Crippen molar-refractivity contribution in [3.63, 3.8) is 0 Å². The summed E-state index contributed by atoms with van der Waals surface area (Å²) in [6.07, 6.45) is 4.12. The largest absolute Gasteiger partial charge is 0.458 e. The van der Waals surface area contributed by atoms with Gasteiger partial charge in [0.2, 0.25) is 0 Å². The van der Waals surface area contributed by atoms with E-state index in [9.17, 15) is 9.90 Å². The van der Waals surface area contributed by atoms with Gasteiger partial charge in [-0.15, -0.1) is 0 Å². The van der Waals surface area contributed by atoms with Crippen LogP contribution in [0.15, 0.2) is 30.3 Å². The molecule has 6 heteroatoms. The Bertz CT molecular complexity index is 630. The van der Waals surface area contributed by atoms with E-state index in [0.717, 1.165) is 25.7 Å². The van der Waals surface area contributed by atoms with Gasteiger partial charge in [-0.1, -0.05) is 43.2 Å². The van der Waals surface area contributed by atoms with Crippen LogP contribution in [0.5, 0.6) is 0 Å². The van der Waals surface area contributed by atoms with Gasteiger partial charge in [-0.2, -0.15) is 0 Å². The summed E-state index contributed by atoms with van der Waals surface area (Å²) in [6, 6.07) is 9.18. The number of rotatable bonds is 5. The smallest absolute Gasteiger partial charge is 0.343 e. The van der Waals surface area contributed by atoms with Gasteiger partial charge in [-0.3, -0.25) is 5.41 Å². The first kappa shape index (κ1) is 18.7. The van der Waals surface area contributed by atoms with Gasteiger partial charge in [0.25, 0.3) is 0 Å². The highest BCUT2D eigenvalue weighted by atomic mass is 16.6. The van der Waals surface area contributed by atoms with Gasteiger partial charge in [0, 0.05) is 25.4 Å². The lowest BCUT2D eigenvalue weighted by molar-refractivity contribution is -0.178. The minimum absolute atomic E-state index is 0.102. The van der Waals surface area contributed by atoms with E-state index in [1.165, 1.54) is 0 Å². The molecule has 1 saturated carbocycles. The first-order valence-electron chi connectivity index (χ1n) is 9.62. The molecule has 1 aliphatic carbocycles. The number of benzene rings is 1. The lowest BCUT2D eigenvalue weighted by Gasteiger charge is -2.33. The number of esters is 1. The van der Waals surface area contributed by atoms with Gasteiger partial charge < -0.3 is 20.1 Å². The average molecular weight is 359 g/mol. The van der Waals surface area contributed by atoms with E-state index in [2.05, 4.69) is 5.32 Å². The summed E-state index contributed by atoms with van der Waals surface area (Å²) in [6.45, 7) is 3.81. The fourth-order valence-electron chi connectivity index (χ4n) is 4.10. The Morgan fingerprint density at radius 2 is 2.00 bits per heavy atom. The van der Waals surface area contributed by atoms with Crippen molar-refractivity contribution in [2.24, 2.45) is 5.92 Å². The number of nitrogens with zero attached hydrogens (tertiary/aromatic N) is 1. The zero-order valence-corrected chi connectivity index (χ0v) is 15.4. The number of hydrogen-bond donors (Lipinski definition) is 3. The van der Waals surface area contributed by atoms with Crippen molar-refractivity contribution in [3.8, 4) is 0 Å². The van der Waals surface area contributed by atoms with Gasteiger partial charge >= 0.3 is 5.97 Å². The molecule has 2 atom stereocenters. The van der Waals surface area contributed by atoms with Crippen molar-refractivity contribution >= 4 is 11.9 Å². The van der Waals surface area contributed by atoms with Gasteiger partial charge in [0.15, 0.2) is 11.6 Å². The Balaban J connectivity index is 1.72. The molecule has 3 N–H and O–H groups in total. The lowest BCUT2D eigenvalue weighted by Crippen LogP contribution is -2.45. The van der Waals surface area contributed by atoms with Gasteiger partial charge in [-0.25, -0.2) is 4.79 Å². The maximum Gasteiger partial charge on any atom is 0.343 e. The fraction of sp³-hybridized carbons (Fsp3) is 0.600. The minimum atomic E-state index is -1.58. The van der Waals surface area contributed by atoms with E-state index < -0.39 is 11.6 Å². The molecule has 142 valence electrons. The second kappa shape index (κ2) is 8.08. The highest BCUT2D eigenvalue weighted by Crippen LogP contribution is 2.41. The molecule has 0 radical (unpaired) electrons. The van der Waals surface area contributed by atoms with E-state index in [1.807, 2.05) is 30.0 Å². The van der Waals surface area contributed by atoms with E-state index in [-0.39, 0.29) is 12.0 Å². The monoisotopic (exact) mass is 359 g/mol. The molecule has 1 aromatic rings. The molecular formula is C20H29N3O3. The number of nitrogens with one attached hydrogen (secondary N) is 2. The zero-order chi connectivity index (χ0) is 18.6. The predicted octanol–water partition coefficient (Wildman–Crippen LogP) is 2.23. The average Bonchev–Trinajstić information content (AvgIpc) is 3.34. The summed E-state index contributed by atoms with van der Waals surface area (Å²) >= 11 is 0. The van der Waals surface area contributed by atoms with Crippen LogP contribution in [0.25, 0.3) is 0 Å². The maximum absolute atomic E-state index is 13.1. The van der Waals surface area contributed by atoms with Crippen LogP contribution in [0.3, 0.4) is 0 Å². The number of carbonyl (C=O) groups excluding carboxylic acids is 1. The third-order valence-corrected chi connectivity index (χ3v) is 5.55. The molecule has 26 heavy (non-hydrogen) atoms. The predicted molar refractivity (Wildman–Crippen MR) is 99.8 cm³/mol. The quantitative estimate of drug-likeness (QED) is 0.426. The number of carbonyl (C=O) groups is 1. The van der Waals surface area contributed by atoms with E-state index >= 15 is 0 Å². The number of guanidine groups is 1. The Morgan fingerprint density at radius 1 is 1.31 bits per heavy atom. The fourth-order valence-corrected chi connectivity index (χ4v) is 4.10. The molecular weight excluding hydrogens is 330 g/mol. The Morgan fingerprint density at radius 3 is 2.65 bits per heavy atom. The molecule has 6 nitrogen and oxygen atoms in total. The molecule has 0 aromatic heterocycles. The van der Waals surface area contributed by atoms with Crippen LogP contribution in [0.1, 0.15) is 44.6 Å². The van der Waals surface area contributed by atoms with Crippen LogP contribution in [0.4, 0.5) is 0 Å². The third kappa shape index (κ3) is 3.70. The van der Waals surface area contributed by atoms with Crippen LogP contribution in [0, 0.1) is 11.3 Å². The highest BCUT2D eigenvalue weighted by Gasteiger charge is 2.48. The standard InChI is InChI=1S/C20H29N3O3/c1-2-22-19(21)23-13-12-17(14-23)26-18(24)20(25,16-10-6-7-11-16)15-8-4-3-5-9-15/h3-5,8-9,16-17,25H,2,6-7,10-14H2,1H3,(H2,21,22)/t17?,20-/m0/s1. The lowest BCUT2D eigenvalue weighted by atomic mass is 9.80. The molecule has 1 saturated heterocycles. The van der Waals surface area contributed by atoms with Gasteiger partial charge in [-0.05, 0) is 25.3 Å². The van der Waals surface area contributed by atoms with Crippen molar-refractivity contribution in [2.45, 2.75) is 50.7 Å². The van der Waals surface area contributed by atoms with Crippen molar-refractivity contribution in [2.75, 3.05) is 19.6 Å². The molecule has 0 amide bonds. The van der Waals surface area contributed by atoms with Gasteiger partial charge in [0.05, 0.1) is 6.54 Å². The number of ether oxygens (including phenoxy) is 1. The molecule has 2 fully saturated rings. The summed E-state index contributed by atoms with van der Waals surface area (Å²) in [5.74, 6) is -0.285. The van der Waals surface area contributed by atoms with Crippen molar-refractivity contribution in [3.05, 3.63) is 35.9 Å². The molecule has 1 heterocycles. The molecule has 3 rings (SSSR count). The van der Waals surface area contributed by atoms with Crippen LogP contribution < -0.4 is 5.32 Å². The minimum Gasteiger partial charge on any atom is -0.458 e. The van der Waals surface area contributed by atoms with Crippen LogP contribution in [-0.2, 0) is 15.1 Å². The topological polar surface area (TPSA) is 85.7 Å². The Labute approximate surface area is 155 Å². The van der Waals surface area contributed by atoms with Crippen LogP contribution >= 0.6 is 0 Å². The van der Waals surface area contributed by atoms with Crippen molar-refractivity contribution in [1.29, 1.82) is 5.41 Å². The molecule has 1 aliphatic heterocycles. The summed E-state index contributed by atoms with van der Waals surface area (Å²) in [5.41, 5.74) is -0.965. The number of hydrogen-bond acceptors (Lipinski definition) is 4. The normalized spacial score (nSPS) is 22.8. The van der Waals surface area contributed by atoms with Crippen LogP contribution in [-0.4, -0.2) is 47.7 Å². The summed E-state index contributed by atoms with van der Waals surface area (Å²) in [4.78, 5) is 14.9. The molecule has 1 aromatic carbocycles.